The van der Waals surface area contributed by atoms with Crippen LogP contribution in [0.4, 0.5) is 24.7 Å². The summed E-state index contributed by atoms with van der Waals surface area (Å²) in [7, 11) is 0. The third kappa shape index (κ3) is 7.01. The number of carbonyl (C=O) groups excluding carboxylic acids is 1. The standard InChI is InChI=1S/C25H24F3N5O/c1-18(20-10-6-14-30-16-20)15-22(25(26,27)28)33(29)23-13-12-21(17-31-23)32-24(34)11-5-9-19-7-3-2-4-8-19/h2-4,6-8,10,12-17H,1,5,9,11,29H2,(H,32,34)/b22-15-. The number of carbonyl (C=O) groups is 1. The zero-order chi connectivity index (χ0) is 24.6. The van der Waals surface area contributed by atoms with E-state index in [9.17, 15) is 18.0 Å². The van der Waals surface area contributed by atoms with Crippen molar-refractivity contribution >= 4 is 23.0 Å². The van der Waals surface area contributed by atoms with Crippen LogP contribution in [0.5, 0.6) is 0 Å². The summed E-state index contributed by atoms with van der Waals surface area (Å²) in [6.07, 6.45) is 1.99. The summed E-state index contributed by atoms with van der Waals surface area (Å²) in [5, 5.41) is 3.13. The fourth-order valence-corrected chi connectivity index (χ4v) is 3.14. The Morgan fingerprint density at radius 1 is 1.09 bits per heavy atom. The van der Waals surface area contributed by atoms with E-state index in [-0.39, 0.29) is 17.3 Å². The molecule has 1 amide bonds. The van der Waals surface area contributed by atoms with Crippen molar-refractivity contribution < 1.29 is 18.0 Å². The van der Waals surface area contributed by atoms with Crippen molar-refractivity contribution in [2.24, 2.45) is 5.84 Å². The first-order chi connectivity index (χ1) is 16.2. The summed E-state index contributed by atoms with van der Waals surface area (Å²) in [5.41, 5.74) is 0.876. The Bertz CT molecular complexity index is 1130. The number of alkyl halides is 3. The molecule has 2 aromatic heterocycles. The second-order valence-electron chi connectivity index (χ2n) is 7.46. The third-order valence-electron chi connectivity index (χ3n) is 4.88. The number of aryl methyl sites for hydroxylation is 1. The SMILES string of the molecule is C=C(/C=C(\N(N)c1ccc(NC(=O)CCCc2ccccc2)cn1)C(F)(F)F)c1cccnc1. The molecule has 3 rings (SSSR count). The molecule has 0 atom stereocenters. The molecule has 0 aliphatic rings. The average molecular weight is 467 g/mol. The number of halogens is 3. The molecule has 176 valence electrons. The molecule has 0 aliphatic heterocycles. The number of hydrogen-bond acceptors (Lipinski definition) is 5. The van der Waals surface area contributed by atoms with Crippen LogP contribution in [0.15, 0.2) is 91.5 Å². The minimum Gasteiger partial charge on any atom is -0.325 e. The first-order valence-electron chi connectivity index (χ1n) is 10.5. The van der Waals surface area contributed by atoms with Crippen molar-refractivity contribution in [3.05, 3.63) is 103 Å². The molecule has 6 nitrogen and oxygen atoms in total. The van der Waals surface area contributed by atoms with E-state index in [1.54, 1.807) is 12.1 Å². The van der Waals surface area contributed by atoms with E-state index in [0.29, 0.717) is 29.1 Å². The minimum absolute atomic E-state index is 0.0928. The second kappa shape index (κ2) is 11.2. The Balaban J connectivity index is 1.64. The van der Waals surface area contributed by atoms with Gasteiger partial charge in [0, 0.05) is 18.8 Å². The van der Waals surface area contributed by atoms with Crippen LogP contribution in [0.25, 0.3) is 5.57 Å². The molecular weight excluding hydrogens is 443 g/mol. The van der Waals surface area contributed by atoms with E-state index < -0.39 is 11.9 Å². The molecule has 0 saturated heterocycles. The van der Waals surface area contributed by atoms with E-state index in [0.717, 1.165) is 18.1 Å². The van der Waals surface area contributed by atoms with Gasteiger partial charge in [-0.2, -0.15) is 13.2 Å². The molecule has 2 heterocycles. The highest BCUT2D eigenvalue weighted by Gasteiger charge is 2.38. The highest BCUT2D eigenvalue weighted by molar-refractivity contribution is 5.90. The van der Waals surface area contributed by atoms with E-state index in [4.69, 9.17) is 5.84 Å². The summed E-state index contributed by atoms with van der Waals surface area (Å²) in [4.78, 5) is 20.0. The quantitative estimate of drug-likeness (QED) is 0.254. The number of nitrogens with two attached hydrogens (primary N) is 1. The highest BCUT2D eigenvalue weighted by atomic mass is 19.4. The predicted octanol–water partition coefficient (Wildman–Crippen LogP) is 5.28. The number of anilines is 2. The lowest BCUT2D eigenvalue weighted by atomic mass is 10.1. The number of nitrogens with zero attached hydrogens (tertiary/aromatic N) is 3. The number of hydrogen-bond donors (Lipinski definition) is 2. The average Bonchev–Trinajstić information content (AvgIpc) is 2.83. The largest absolute Gasteiger partial charge is 0.432 e. The van der Waals surface area contributed by atoms with Gasteiger partial charge in [0.05, 0.1) is 11.9 Å². The number of hydrazine groups is 1. The molecule has 3 N–H and O–H groups in total. The van der Waals surface area contributed by atoms with Gasteiger partial charge < -0.3 is 5.32 Å². The summed E-state index contributed by atoms with van der Waals surface area (Å²) >= 11 is 0. The van der Waals surface area contributed by atoms with E-state index >= 15 is 0 Å². The Morgan fingerprint density at radius 3 is 2.47 bits per heavy atom. The summed E-state index contributed by atoms with van der Waals surface area (Å²) in [6, 6.07) is 15.7. The van der Waals surface area contributed by atoms with Gasteiger partial charge in [-0.15, -0.1) is 0 Å². The van der Waals surface area contributed by atoms with E-state index in [1.165, 1.54) is 30.7 Å². The number of rotatable bonds is 9. The molecular formula is C25H24F3N5O. The van der Waals surface area contributed by atoms with E-state index in [2.05, 4.69) is 21.9 Å². The maximum Gasteiger partial charge on any atom is 0.432 e. The zero-order valence-electron chi connectivity index (χ0n) is 18.3. The van der Waals surface area contributed by atoms with Crippen molar-refractivity contribution in [3.8, 4) is 0 Å². The van der Waals surface area contributed by atoms with Crippen molar-refractivity contribution in [1.82, 2.24) is 9.97 Å². The highest BCUT2D eigenvalue weighted by Crippen LogP contribution is 2.32. The van der Waals surface area contributed by atoms with Crippen LogP contribution in [-0.4, -0.2) is 22.1 Å². The number of benzene rings is 1. The van der Waals surface area contributed by atoms with Gasteiger partial charge in [-0.1, -0.05) is 43.0 Å². The number of aromatic nitrogens is 2. The molecule has 0 aliphatic carbocycles. The molecule has 34 heavy (non-hydrogen) atoms. The molecule has 0 unspecified atom stereocenters. The van der Waals surface area contributed by atoms with Crippen LogP contribution in [0.3, 0.4) is 0 Å². The number of nitrogens with one attached hydrogen (secondary N) is 1. The molecule has 0 fully saturated rings. The van der Waals surface area contributed by atoms with Gasteiger partial charge in [0.15, 0.2) is 0 Å². The molecule has 0 saturated carbocycles. The normalized spacial score (nSPS) is 11.7. The minimum atomic E-state index is -4.76. The molecule has 1 aromatic carbocycles. The van der Waals surface area contributed by atoms with Gasteiger partial charge in [-0.25, -0.2) is 10.8 Å². The summed E-state index contributed by atoms with van der Waals surface area (Å²) < 4.78 is 41.1. The Hall–Kier alpha value is -3.98. The molecule has 3 aromatic rings. The smallest absolute Gasteiger partial charge is 0.325 e. The lowest BCUT2D eigenvalue weighted by Crippen LogP contribution is -2.38. The van der Waals surface area contributed by atoms with Gasteiger partial charge in [0.1, 0.15) is 11.5 Å². The van der Waals surface area contributed by atoms with E-state index in [1.807, 2.05) is 30.3 Å². The van der Waals surface area contributed by atoms with Gasteiger partial charge in [0.25, 0.3) is 0 Å². The van der Waals surface area contributed by atoms with Gasteiger partial charge >= 0.3 is 6.18 Å². The van der Waals surface area contributed by atoms with Crippen LogP contribution in [0.1, 0.15) is 24.0 Å². The maximum absolute atomic E-state index is 13.7. The van der Waals surface area contributed by atoms with Crippen LogP contribution in [0.2, 0.25) is 0 Å². The van der Waals surface area contributed by atoms with Crippen molar-refractivity contribution in [2.75, 3.05) is 10.3 Å². The molecule has 0 spiro atoms. The van der Waals surface area contributed by atoms with Crippen molar-refractivity contribution in [2.45, 2.75) is 25.4 Å². The summed E-state index contributed by atoms with van der Waals surface area (Å²) in [5.74, 6) is 5.40. The van der Waals surface area contributed by atoms with Crippen LogP contribution in [-0.2, 0) is 11.2 Å². The molecule has 0 radical (unpaired) electrons. The van der Waals surface area contributed by atoms with Gasteiger partial charge in [-0.05, 0) is 53.8 Å². The number of amides is 1. The summed E-state index contributed by atoms with van der Waals surface area (Å²) in [6.45, 7) is 3.68. The maximum atomic E-state index is 13.7. The lowest BCUT2D eigenvalue weighted by Gasteiger charge is -2.23. The topological polar surface area (TPSA) is 84.1 Å². The second-order valence-corrected chi connectivity index (χ2v) is 7.46. The van der Waals surface area contributed by atoms with Crippen molar-refractivity contribution in [1.29, 1.82) is 0 Å². The van der Waals surface area contributed by atoms with Crippen LogP contribution >= 0.6 is 0 Å². The predicted molar refractivity (Wildman–Crippen MR) is 126 cm³/mol. The van der Waals surface area contributed by atoms with Crippen LogP contribution in [0, 0.1) is 0 Å². The van der Waals surface area contributed by atoms with Gasteiger partial charge in [-0.3, -0.25) is 14.8 Å². The fraction of sp³-hybridized carbons (Fsp3) is 0.160. The van der Waals surface area contributed by atoms with Crippen molar-refractivity contribution in [3.63, 3.8) is 0 Å². The fourth-order valence-electron chi connectivity index (χ4n) is 3.14. The zero-order valence-corrected chi connectivity index (χ0v) is 18.3. The Morgan fingerprint density at radius 2 is 1.85 bits per heavy atom. The third-order valence-corrected chi connectivity index (χ3v) is 4.88. The van der Waals surface area contributed by atoms with Crippen LogP contribution < -0.4 is 16.2 Å². The number of pyridine rings is 2. The molecule has 9 heteroatoms. The molecule has 0 bridgehead atoms. The van der Waals surface area contributed by atoms with Gasteiger partial charge in [0.2, 0.25) is 5.91 Å². The monoisotopic (exact) mass is 467 g/mol. The Labute approximate surface area is 195 Å². The first-order valence-corrected chi connectivity index (χ1v) is 10.5. The first kappa shape index (κ1) is 24.7. The number of allylic oxidation sites excluding steroid dienone is 3. The Kier molecular flexibility index (Phi) is 8.15. The lowest BCUT2D eigenvalue weighted by molar-refractivity contribution is -0.116.